The minimum absolute atomic E-state index is 0. The summed E-state index contributed by atoms with van der Waals surface area (Å²) in [5, 5.41) is 7.66. The van der Waals surface area contributed by atoms with E-state index in [-0.39, 0.29) is 24.0 Å². The maximum absolute atomic E-state index is 6.12. The van der Waals surface area contributed by atoms with Crippen LogP contribution in [0, 0.1) is 6.92 Å². The highest BCUT2D eigenvalue weighted by atomic mass is 127. The molecular formula is C20H27ClIN5. The van der Waals surface area contributed by atoms with Gasteiger partial charge in [-0.25, -0.2) is 4.99 Å². The van der Waals surface area contributed by atoms with Crippen molar-refractivity contribution >= 4 is 47.2 Å². The van der Waals surface area contributed by atoms with Crippen molar-refractivity contribution in [2.24, 2.45) is 4.99 Å². The molecule has 1 unspecified atom stereocenters. The average molecular weight is 500 g/mol. The summed E-state index contributed by atoms with van der Waals surface area (Å²) in [6.45, 7) is 7.43. The lowest BCUT2D eigenvalue weighted by Crippen LogP contribution is -2.44. The van der Waals surface area contributed by atoms with Crippen LogP contribution in [0.15, 0.2) is 47.5 Å². The van der Waals surface area contributed by atoms with Crippen LogP contribution in [0.4, 0.5) is 5.69 Å². The molecule has 0 amide bonds. The van der Waals surface area contributed by atoms with E-state index in [1.165, 1.54) is 5.69 Å². The zero-order valence-corrected chi connectivity index (χ0v) is 18.9. The summed E-state index contributed by atoms with van der Waals surface area (Å²) in [5.74, 6) is 0.841. The van der Waals surface area contributed by atoms with Crippen molar-refractivity contribution in [3.05, 3.63) is 58.9 Å². The van der Waals surface area contributed by atoms with Crippen LogP contribution in [-0.2, 0) is 6.54 Å². The Labute approximate surface area is 183 Å². The van der Waals surface area contributed by atoms with Gasteiger partial charge in [0.05, 0.1) is 12.2 Å². The van der Waals surface area contributed by atoms with E-state index in [0.29, 0.717) is 12.6 Å². The lowest BCUT2D eigenvalue weighted by atomic mass is 10.2. The fourth-order valence-corrected chi connectivity index (χ4v) is 3.33. The van der Waals surface area contributed by atoms with E-state index in [0.717, 1.165) is 48.4 Å². The first kappa shape index (κ1) is 21.8. The molecule has 0 spiro atoms. The summed E-state index contributed by atoms with van der Waals surface area (Å²) in [4.78, 5) is 11.6. The second-order valence-corrected chi connectivity index (χ2v) is 6.96. The second-order valence-electron chi connectivity index (χ2n) is 6.52. The van der Waals surface area contributed by atoms with E-state index in [2.05, 4.69) is 33.5 Å². The van der Waals surface area contributed by atoms with Crippen molar-refractivity contribution < 1.29 is 0 Å². The summed E-state index contributed by atoms with van der Waals surface area (Å²) in [5.41, 5.74) is 3.17. The van der Waals surface area contributed by atoms with E-state index in [1.54, 1.807) is 0 Å². The molecule has 1 saturated heterocycles. The van der Waals surface area contributed by atoms with Crippen LogP contribution in [-0.4, -0.2) is 36.6 Å². The quantitative estimate of drug-likeness (QED) is 0.371. The number of aryl methyl sites for hydroxylation is 1. The van der Waals surface area contributed by atoms with E-state index < -0.39 is 0 Å². The Bertz CT molecular complexity index is 768. The Kier molecular flexibility index (Phi) is 8.63. The summed E-state index contributed by atoms with van der Waals surface area (Å²) in [6.07, 6.45) is 1.07. The van der Waals surface area contributed by atoms with Crippen molar-refractivity contribution in [1.82, 2.24) is 15.6 Å². The highest BCUT2D eigenvalue weighted by Crippen LogP contribution is 2.23. The van der Waals surface area contributed by atoms with E-state index in [9.17, 15) is 0 Å². The van der Waals surface area contributed by atoms with Crippen LogP contribution in [0.25, 0.3) is 0 Å². The lowest BCUT2D eigenvalue weighted by Gasteiger charge is -2.20. The van der Waals surface area contributed by atoms with Crippen molar-refractivity contribution in [3.63, 3.8) is 0 Å². The van der Waals surface area contributed by atoms with Gasteiger partial charge in [-0.15, -0.1) is 24.0 Å². The summed E-state index contributed by atoms with van der Waals surface area (Å²) < 4.78 is 0. The second kappa shape index (κ2) is 10.7. The summed E-state index contributed by atoms with van der Waals surface area (Å²) in [7, 11) is 0. The first-order chi connectivity index (χ1) is 12.6. The minimum atomic E-state index is 0. The number of aromatic nitrogens is 1. The lowest BCUT2D eigenvalue weighted by molar-refractivity contribution is 0.648. The van der Waals surface area contributed by atoms with E-state index in [4.69, 9.17) is 16.6 Å². The van der Waals surface area contributed by atoms with Gasteiger partial charge in [-0.1, -0.05) is 23.7 Å². The molecule has 0 radical (unpaired) electrons. The normalized spacial score (nSPS) is 16.8. The fraction of sp³-hybridized carbons (Fsp3) is 0.400. The van der Waals surface area contributed by atoms with Gasteiger partial charge in [0.1, 0.15) is 0 Å². The van der Waals surface area contributed by atoms with Crippen molar-refractivity contribution in [3.8, 4) is 0 Å². The molecule has 146 valence electrons. The molecule has 1 aromatic heterocycles. The molecule has 2 aromatic rings. The first-order valence-electron chi connectivity index (χ1n) is 9.12. The number of nitrogens with zero attached hydrogens (tertiary/aromatic N) is 3. The standard InChI is InChI=1S/C20H26ClN5.HI/c1-3-22-20(23-13-17-8-4-6-15(2)24-17)25-18-10-11-26(14-18)19-9-5-7-16(21)12-19;/h4-9,12,18H,3,10-11,13-14H2,1-2H3,(H2,22,23,25);1H. The Morgan fingerprint density at radius 1 is 1.30 bits per heavy atom. The molecule has 1 fully saturated rings. The van der Waals surface area contributed by atoms with Gasteiger partial charge in [0.25, 0.3) is 0 Å². The largest absolute Gasteiger partial charge is 0.369 e. The van der Waals surface area contributed by atoms with Crippen LogP contribution < -0.4 is 15.5 Å². The molecule has 7 heteroatoms. The van der Waals surface area contributed by atoms with Gasteiger partial charge >= 0.3 is 0 Å². The number of guanidine groups is 1. The van der Waals surface area contributed by atoms with Gasteiger partial charge in [-0.05, 0) is 50.6 Å². The maximum Gasteiger partial charge on any atom is 0.191 e. The zero-order chi connectivity index (χ0) is 18.4. The summed E-state index contributed by atoms with van der Waals surface area (Å²) in [6, 6.07) is 14.4. The number of hydrogen-bond acceptors (Lipinski definition) is 3. The number of halogens is 2. The molecule has 5 nitrogen and oxygen atoms in total. The Hall–Kier alpha value is -1.54. The number of hydrogen-bond donors (Lipinski definition) is 2. The molecule has 2 N–H and O–H groups in total. The number of anilines is 1. The predicted molar refractivity (Wildman–Crippen MR) is 124 cm³/mol. The number of pyridine rings is 1. The molecule has 1 aliphatic heterocycles. The van der Waals surface area contributed by atoms with E-state index >= 15 is 0 Å². The van der Waals surface area contributed by atoms with Gasteiger partial charge in [0.15, 0.2) is 5.96 Å². The molecule has 1 aromatic carbocycles. The predicted octanol–water partition coefficient (Wildman–Crippen LogP) is 4.00. The molecule has 27 heavy (non-hydrogen) atoms. The van der Waals surface area contributed by atoms with Crippen LogP contribution in [0.3, 0.4) is 0 Å². The molecule has 0 bridgehead atoms. The van der Waals surface area contributed by atoms with Gasteiger partial charge < -0.3 is 15.5 Å². The minimum Gasteiger partial charge on any atom is -0.369 e. The third kappa shape index (κ3) is 6.53. The van der Waals surface area contributed by atoms with Gasteiger partial charge in [-0.3, -0.25) is 4.98 Å². The Morgan fingerprint density at radius 3 is 2.85 bits per heavy atom. The van der Waals surface area contributed by atoms with Crippen LogP contribution >= 0.6 is 35.6 Å². The number of aliphatic imine (C=N–C) groups is 1. The third-order valence-corrected chi connectivity index (χ3v) is 4.63. The van der Waals surface area contributed by atoms with Crippen molar-refractivity contribution in [1.29, 1.82) is 0 Å². The zero-order valence-electron chi connectivity index (χ0n) is 15.8. The Balaban J connectivity index is 0.00000261. The van der Waals surface area contributed by atoms with E-state index in [1.807, 2.05) is 43.3 Å². The van der Waals surface area contributed by atoms with Gasteiger partial charge in [0.2, 0.25) is 0 Å². The molecule has 0 saturated carbocycles. The van der Waals surface area contributed by atoms with Crippen LogP contribution in [0.2, 0.25) is 5.02 Å². The number of nitrogens with one attached hydrogen (secondary N) is 2. The van der Waals surface area contributed by atoms with Crippen LogP contribution in [0.5, 0.6) is 0 Å². The van der Waals surface area contributed by atoms with Gasteiger partial charge in [-0.2, -0.15) is 0 Å². The van der Waals surface area contributed by atoms with Crippen molar-refractivity contribution in [2.75, 3.05) is 24.5 Å². The maximum atomic E-state index is 6.12. The fourth-order valence-electron chi connectivity index (χ4n) is 3.15. The number of benzene rings is 1. The highest BCUT2D eigenvalue weighted by molar-refractivity contribution is 14.0. The average Bonchev–Trinajstić information content (AvgIpc) is 3.09. The highest BCUT2D eigenvalue weighted by Gasteiger charge is 2.23. The summed E-state index contributed by atoms with van der Waals surface area (Å²) >= 11 is 6.12. The smallest absolute Gasteiger partial charge is 0.191 e. The Morgan fingerprint density at radius 2 is 2.11 bits per heavy atom. The van der Waals surface area contributed by atoms with Crippen molar-refractivity contribution in [2.45, 2.75) is 32.9 Å². The van der Waals surface area contributed by atoms with Gasteiger partial charge in [0, 0.05) is 42.1 Å². The molecule has 1 atom stereocenters. The monoisotopic (exact) mass is 499 g/mol. The molecule has 2 heterocycles. The first-order valence-corrected chi connectivity index (χ1v) is 9.49. The number of rotatable bonds is 5. The molecule has 1 aliphatic rings. The molecule has 0 aliphatic carbocycles. The molecular weight excluding hydrogens is 473 g/mol. The third-order valence-electron chi connectivity index (χ3n) is 4.39. The van der Waals surface area contributed by atoms with Crippen LogP contribution in [0.1, 0.15) is 24.7 Å². The molecule has 3 rings (SSSR count). The topological polar surface area (TPSA) is 52.6 Å². The SMILES string of the molecule is CCNC(=NCc1cccc(C)n1)NC1CCN(c2cccc(Cl)c2)C1.I.